The second kappa shape index (κ2) is 14.2. The predicted molar refractivity (Wildman–Crippen MR) is 158 cm³/mol. The second-order valence-electron chi connectivity index (χ2n) is 9.41. The van der Waals surface area contributed by atoms with Crippen LogP contribution in [0, 0.1) is 0 Å². The fraction of sp³-hybridized carbons (Fsp3) is 0.333. The van der Waals surface area contributed by atoms with Gasteiger partial charge in [0.2, 0.25) is 11.8 Å². The van der Waals surface area contributed by atoms with E-state index in [0.717, 1.165) is 16.3 Å². The number of amides is 2. The molecule has 3 aromatic carbocycles. The fourth-order valence-corrected chi connectivity index (χ4v) is 5.71. The van der Waals surface area contributed by atoms with Gasteiger partial charge in [0.1, 0.15) is 18.3 Å². The van der Waals surface area contributed by atoms with Gasteiger partial charge in [-0.15, -0.1) is 0 Å². The van der Waals surface area contributed by atoms with Gasteiger partial charge < -0.3 is 15.0 Å². The molecule has 0 aromatic heterocycles. The second-order valence-corrected chi connectivity index (χ2v) is 11.7. The number of hydrogen-bond acceptors (Lipinski definition) is 5. The Bertz CT molecular complexity index is 1370. The summed E-state index contributed by atoms with van der Waals surface area (Å²) in [6.45, 7) is 5.27. The van der Waals surface area contributed by atoms with Crippen LogP contribution in [0.15, 0.2) is 83.8 Å². The zero-order chi connectivity index (χ0) is 29.3. The van der Waals surface area contributed by atoms with Gasteiger partial charge in [-0.1, -0.05) is 55.8 Å². The van der Waals surface area contributed by atoms with E-state index in [1.54, 1.807) is 66.7 Å². The Hall–Kier alpha value is -3.56. The normalized spacial score (nSPS) is 12.7. The molecule has 2 amide bonds. The van der Waals surface area contributed by atoms with E-state index in [4.69, 9.17) is 16.3 Å². The zero-order valence-electron chi connectivity index (χ0n) is 23.2. The van der Waals surface area contributed by atoms with Gasteiger partial charge in [-0.25, -0.2) is 8.42 Å². The third kappa shape index (κ3) is 7.76. The lowest BCUT2D eigenvalue weighted by atomic mass is 10.1. The van der Waals surface area contributed by atoms with Gasteiger partial charge in [-0.3, -0.25) is 13.9 Å². The van der Waals surface area contributed by atoms with Crippen LogP contribution in [0.25, 0.3) is 0 Å². The summed E-state index contributed by atoms with van der Waals surface area (Å²) < 4.78 is 34.0. The molecule has 2 unspecified atom stereocenters. The highest BCUT2D eigenvalue weighted by Crippen LogP contribution is 2.27. The molecule has 3 aromatic rings. The number of benzene rings is 3. The minimum Gasteiger partial charge on any atom is -0.497 e. The van der Waals surface area contributed by atoms with Crippen molar-refractivity contribution in [3.05, 3.63) is 89.4 Å². The van der Waals surface area contributed by atoms with E-state index < -0.39 is 28.5 Å². The zero-order valence-corrected chi connectivity index (χ0v) is 24.8. The monoisotopic (exact) mass is 585 g/mol. The molecule has 0 aliphatic heterocycles. The van der Waals surface area contributed by atoms with Crippen molar-refractivity contribution in [1.29, 1.82) is 0 Å². The summed E-state index contributed by atoms with van der Waals surface area (Å²) in [5, 5.41) is 3.51. The molecule has 0 spiro atoms. The summed E-state index contributed by atoms with van der Waals surface area (Å²) in [5.74, 6) is -0.262. The first-order valence-electron chi connectivity index (χ1n) is 13.2. The molecule has 0 saturated heterocycles. The number of sulfonamides is 1. The number of ether oxygens (including phenoxy) is 1. The van der Waals surface area contributed by atoms with Crippen LogP contribution in [0.5, 0.6) is 5.75 Å². The number of carbonyl (C=O) groups is 2. The maximum absolute atomic E-state index is 14.0. The van der Waals surface area contributed by atoms with Gasteiger partial charge in [0.05, 0.1) is 17.7 Å². The van der Waals surface area contributed by atoms with E-state index in [1.807, 2.05) is 20.8 Å². The van der Waals surface area contributed by atoms with Crippen LogP contribution in [-0.4, -0.2) is 50.9 Å². The van der Waals surface area contributed by atoms with Crippen LogP contribution >= 0.6 is 11.6 Å². The van der Waals surface area contributed by atoms with Crippen molar-refractivity contribution in [3.63, 3.8) is 0 Å². The van der Waals surface area contributed by atoms with Crippen molar-refractivity contribution in [1.82, 2.24) is 10.2 Å². The molecule has 214 valence electrons. The molecule has 0 radical (unpaired) electrons. The van der Waals surface area contributed by atoms with Crippen LogP contribution in [-0.2, 0) is 26.2 Å². The minimum absolute atomic E-state index is 0.0458. The molecule has 0 heterocycles. The quantitative estimate of drug-likeness (QED) is 0.295. The van der Waals surface area contributed by atoms with Crippen molar-refractivity contribution in [3.8, 4) is 5.75 Å². The lowest BCUT2D eigenvalue weighted by molar-refractivity contribution is -0.140. The van der Waals surface area contributed by atoms with Crippen molar-refractivity contribution in [2.75, 3.05) is 18.0 Å². The Kier molecular flexibility index (Phi) is 11.0. The number of anilines is 1. The van der Waals surface area contributed by atoms with Crippen LogP contribution in [0.4, 0.5) is 5.69 Å². The molecule has 1 N–H and O–H groups in total. The molecule has 2 atom stereocenters. The predicted octanol–water partition coefficient (Wildman–Crippen LogP) is 5.27. The highest BCUT2D eigenvalue weighted by Gasteiger charge is 2.34. The molecule has 0 aliphatic carbocycles. The van der Waals surface area contributed by atoms with Crippen LogP contribution < -0.4 is 14.4 Å². The molecular formula is C30H36ClN3O5S. The topological polar surface area (TPSA) is 96.0 Å². The smallest absolute Gasteiger partial charge is 0.264 e. The van der Waals surface area contributed by atoms with Crippen molar-refractivity contribution in [2.24, 2.45) is 0 Å². The fourth-order valence-electron chi connectivity index (χ4n) is 4.14. The average Bonchev–Trinajstić information content (AvgIpc) is 2.97. The van der Waals surface area contributed by atoms with E-state index >= 15 is 0 Å². The van der Waals surface area contributed by atoms with E-state index in [2.05, 4.69) is 5.32 Å². The van der Waals surface area contributed by atoms with Crippen molar-refractivity contribution in [2.45, 2.75) is 57.1 Å². The molecule has 3 rings (SSSR count). The Morgan fingerprint density at radius 1 is 0.925 bits per heavy atom. The lowest BCUT2D eigenvalue weighted by Crippen LogP contribution is -2.53. The third-order valence-corrected chi connectivity index (χ3v) is 8.66. The van der Waals surface area contributed by atoms with Crippen molar-refractivity contribution < 1.29 is 22.7 Å². The summed E-state index contributed by atoms with van der Waals surface area (Å²) >= 11 is 6.06. The SMILES string of the molecule is CCC(C)NC(=O)C(CC)N(Cc1ccc(Cl)cc1)C(=O)CN(c1ccc(OC)cc1)S(=O)(=O)c1ccccc1. The molecule has 0 aliphatic rings. The van der Waals surface area contributed by atoms with E-state index in [9.17, 15) is 18.0 Å². The van der Waals surface area contributed by atoms with Gasteiger partial charge in [0.25, 0.3) is 10.0 Å². The summed E-state index contributed by atoms with van der Waals surface area (Å²) in [6.07, 6.45) is 1.07. The molecule has 0 bridgehead atoms. The molecule has 40 heavy (non-hydrogen) atoms. The molecule has 0 saturated carbocycles. The standard InChI is InChI=1S/C30H36ClN3O5S/c1-5-22(3)32-30(36)28(6-2)33(20-23-12-14-24(31)15-13-23)29(35)21-34(25-16-18-26(39-4)19-17-25)40(37,38)27-10-8-7-9-11-27/h7-19,22,28H,5-6,20-21H2,1-4H3,(H,32,36). The number of methoxy groups -OCH3 is 1. The first kappa shape index (κ1) is 31.0. The molecule has 10 heteroatoms. The maximum Gasteiger partial charge on any atom is 0.264 e. The number of rotatable bonds is 13. The first-order chi connectivity index (χ1) is 19.1. The number of hydrogen-bond donors (Lipinski definition) is 1. The average molecular weight is 586 g/mol. The largest absolute Gasteiger partial charge is 0.497 e. The highest BCUT2D eigenvalue weighted by atomic mass is 35.5. The van der Waals surface area contributed by atoms with Gasteiger partial charge >= 0.3 is 0 Å². The van der Waals surface area contributed by atoms with Crippen LogP contribution in [0.3, 0.4) is 0 Å². The minimum atomic E-state index is -4.13. The summed E-state index contributed by atoms with van der Waals surface area (Å²) in [7, 11) is -2.61. The van der Waals surface area contributed by atoms with E-state index in [1.165, 1.54) is 24.1 Å². The first-order valence-corrected chi connectivity index (χ1v) is 15.0. The van der Waals surface area contributed by atoms with Gasteiger partial charge in [0.15, 0.2) is 0 Å². The summed E-state index contributed by atoms with van der Waals surface area (Å²) in [5.41, 5.74) is 1.05. The van der Waals surface area contributed by atoms with E-state index in [-0.39, 0.29) is 23.4 Å². The third-order valence-electron chi connectivity index (χ3n) is 6.62. The maximum atomic E-state index is 14.0. The molecule has 8 nitrogen and oxygen atoms in total. The molecular weight excluding hydrogens is 550 g/mol. The number of carbonyl (C=O) groups excluding carboxylic acids is 2. The Morgan fingerprint density at radius 2 is 1.55 bits per heavy atom. The van der Waals surface area contributed by atoms with E-state index in [0.29, 0.717) is 22.9 Å². The Labute approximate surface area is 241 Å². The number of nitrogens with zero attached hydrogens (tertiary/aromatic N) is 2. The number of nitrogens with one attached hydrogen (secondary N) is 1. The van der Waals surface area contributed by atoms with Crippen LogP contribution in [0.2, 0.25) is 5.02 Å². The van der Waals surface area contributed by atoms with Crippen molar-refractivity contribution >= 4 is 39.1 Å². The van der Waals surface area contributed by atoms with Crippen LogP contribution in [0.1, 0.15) is 39.2 Å². The van der Waals surface area contributed by atoms with Gasteiger partial charge in [-0.2, -0.15) is 0 Å². The van der Waals surface area contributed by atoms with Gasteiger partial charge in [0, 0.05) is 17.6 Å². The molecule has 0 fully saturated rings. The highest BCUT2D eigenvalue weighted by molar-refractivity contribution is 7.92. The summed E-state index contributed by atoms with van der Waals surface area (Å²) in [6, 6.07) is 20.5. The summed E-state index contributed by atoms with van der Waals surface area (Å²) in [4.78, 5) is 28.8. The Morgan fingerprint density at radius 3 is 2.10 bits per heavy atom. The van der Waals surface area contributed by atoms with Gasteiger partial charge in [-0.05, 0) is 73.9 Å². The lowest BCUT2D eigenvalue weighted by Gasteiger charge is -2.33. The Balaban J connectivity index is 2.04. The number of halogens is 1.